The topological polar surface area (TPSA) is 90.7 Å². The zero-order valence-corrected chi connectivity index (χ0v) is 16.7. The van der Waals surface area contributed by atoms with Gasteiger partial charge in [-0.15, -0.1) is 0 Å². The molecule has 0 amide bonds. The number of anilines is 1. The Morgan fingerprint density at radius 2 is 1.85 bits per heavy atom. The van der Waals surface area contributed by atoms with Gasteiger partial charge in [0.2, 0.25) is 0 Å². The molecule has 1 aliphatic heterocycles. The van der Waals surface area contributed by atoms with E-state index in [4.69, 9.17) is 32.2 Å². The van der Waals surface area contributed by atoms with E-state index in [-0.39, 0.29) is 11.8 Å². The highest BCUT2D eigenvalue weighted by Crippen LogP contribution is 2.63. The zero-order chi connectivity index (χ0) is 19.6. The Morgan fingerprint density at radius 1 is 1.22 bits per heavy atom. The first kappa shape index (κ1) is 20.1. The van der Waals surface area contributed by atoms with Crippen molar-refractivity contribution in [1.29, 1.82) is 0 Å². The summed E-state index contributed by atoms with van der Waals surface area (Å²) in [7, 11) is -3.60. The number of benzene rings is 2. The van der Waals surface area contributed by atoms with Gasteiger partial charge in [0.25, 0.3) is 5.69 Å². The number of nitro groups is 1. The highest BCUT2D eigenvalue weighted by atomic mass is 35.5. The summed E-state index contributed by atoms with van der Waals surface area (Å²) >= 11 is 12.1. The van der Waals surface area contributed by atoms with E-state index < -0.39 is 18.3 Å². The van der Waals surface area contributed by atoms with Gasteiger partial charge in [0.1, 0.15) is 0 Å². The second-order valence-corrected chi connectivity index (χ2v) is 9.07. The molecule has 7 nitrogen and oxygen atoms in total. The van der Waals surface area contributed by atoms with Gasteiger partial charge in [-0.25, -0.2) is 0 Å². The van der Waals surface area contributed by atoms with Crippen LogP contribution in [0.15, 0.2) is 42.5 Å². The molecule has 3 rings (SSSR count). The lowest BCUT2D eigenvalue weighted by Gasteiger charge is -2.34. The molecular formula is C17H17Cl2N2O5P. The maximum Gasteiger partial charge on any atom is 0.357 e. The molecule has 2 aromatic carbocycles. The molecule has 0 radical (unpaired) electrons. The van der Waals surface area contributed by atoms with Crippen molar-refractivity contribution in [1.82, 2.24) is 0 Å². The molecule has 1 saturated heterocycles. The molecule has 1 aliphatic rings. The SMILES string of the molecule is CC1CCOP(=O)(C(Nc2cc(Cl)cc(Cl)c2)c2ccc([N+](=O)[O-])cc2)O1. The summed E-state index contributed by atoms with van der Waals surface area (Å²) in [6.45, 7) is 2.11. The van der Waals surface area contributed by atoms with E-state index in [2.05, 4.69) is 5.32 Å². The van der Waals surface area contributed by atoms with Crippen LogP contribution in [0, 0.1) is 10.1 Å². The fourth-order valence-corrected chi connectivity index (χ4v) is 5.40. The second kappa shape index (κ2) is 8.17. The number of halogens is 2. The van der Waals surface area contributed by atoms with Crippen molar-refractivity contribution in [3.63, 3.8) is 0 Å². The first-order chi connectivity index (χ1) is 12.8. The van der Waals surface area contributed by atoms with Crippen LogP contribution in [0.1, 0.15) is 24.7 Å². The van der Waals surface area contributed by atoms with E-state index in [0.717, 1.165) is 0 Å². The predicted molar refractivity (Wildman–Crippen MR) is 105 cm³/mol. The van der Waals surface area contributed by atoms with Crippen molar-refractivity contribution in [3.8, 4) is 0 Å². The molecule has 1 N–H and O–H groups in total. The van der Waals surface area contributed by atoms with Crippen LogP contribution >= 0.6 is 30.8 Å². The van der Waals surface area contributed by atoms with Gasteiger partial charge in [-0.3, -0.25) is 14.7 Å². The van der Waals surface area contributed by atoms with E-state index in [1.54, 1.807) is 18.2 Å². The lowest BCUT2D eigenvalue weighted by molar-refractivity contribution is -0.384. The van der Waals surface area contributed by atoms with Crippen molar-refractivity contribution >= 4 is 42.2 Å². The second-order valence-electron chi connectivity index (χ2n) is 6.13. The van der Waals surface area contributed by atoms with Crippen LogP contribution in [-0.4, -0.2) is 17.6 Å². The zero-order valence-electron chi connectivity index (χ0n) is 14.3. The summed E-state index contributed by atoms with van der Waals surface area (Å²) in [5, 5.41) is 14.8. The van der Waals surface area contributed by atoms with E-state index >= 15 is 0 Å². The minimum absolute atomic E-state index is 0.0690. The highest BCUT2D eigenvalue weighted by Gasteiger charge is 2.41. The minimum Gasteiger partial charge on any atom is -0.368 e. The fourth-order valence-electron chi connectivity index (χ4n) is 2.73. The van der Waals surface area contributed by atoms with Crippen molar-refractivity contribution in [2.24, 2.45) is 0 Å². The van der Waals surface area contributed by atoms with Crippen LogP contribution in [0.2, 0.25) is 10.0 Å². The van der Waals surface area contributed by atoms with Gasteiger partial charge in [0, 0.05) is 27.9 Å². The number of non-ortho nitro benzene ring substituents is 1. The van der Waals surface area contributed by atoms with E-state index in [9.17, 15) is 14.7 Å². The first-order valence-corrected chi connectivity index (χ1v) is 10.5. The first-order valence-electron chi connectivity index (χ1n) is 8.16. The summed E-state index contributed by atoms with van der Waals surface area (Å²) in [6, 6.07) is 10.6. The van der Waals surface area contributed by atoms with Crippen molar-refractivity contribution in [2.75, 3.05) is 11.9 Å². The lowest BCUT2D eigenvalue weighted by Crippen LogP contribution is -2.23. The third-order valence-electron chi connectivity index (χ3n) is 4.02. The molecule has 0 saturated carbocycles. The Morgan fingerprint density at radius 3 is 2.41 bits per heavy atom. The van der Waals surface area contributed by atoms with Crippen LogP contribution in [0.3, 0.4) is 0 Å². The number of rotatable bonds is 5. The fraction of sp³-hybridized carbons (Fsp3) is 0.294. The van der Waals surface area contributed by atoms with E-state index in [1.165, 1.54) is 24.3 Å². The van der Waals surface area contributed by atoms with Gasteiger partial charge in [-0.05, 0) is 49.2 Å². The number of nitro benzene ring substituents is 1. The predicted octanol–water partition coefficient (Wildman–Crippen LogP) is 6.03. The Bertz CT molecular complexity index is 873. The molecular weight excluding hydrogens is 414 g/mol. The van der Waals surface area contributed by atoms with Gasteiger partial charge in [-0.1, -0.05) is 23.2 Å². The summed E-state index contributed by atoms with van der Waals surface area (Å²) in [5.74, 6) is -0.879. The van der Waals surface area contributed by atoms with Crippen LogP contribution < -0.4 is 5.32 Å². The van der Waals surface area contributed by atoms with Crippen molar-refractivity contribution in [3.05, 3.63) is 68.2 Å². The molecule has 3 unspecified atom stereocenters. The standard InChI is InChI=1S/C17H17Cl2N2O5P/c1-11-6-7-25-27(24,26-11)17(12-2-4-16(5-3-12)21(22)23)20-15-9-13(18)8-14(19)10-15/h2-5,8-11,17,20H,6-7H2,1H3. The number of hydrogen-bond donors (Lipinski definition) is 1. The quantitative estimate of drug-likeness (QED) is 0.353. The Balaban J connectivity index is 2.00. The van der Waals surface area contributed by atoms with E-state index in [0.29, 0.717) is 34.3 Å². The van der Waals surface area contributed by atoms with Gasteiger partial charge in [0.05, 0.1) is 17.6 Å². The van der Waals surface area contributed by atoms with Crippen LogP contribution in [0.25, 0.3) is 0 Å². The Hall–Kier alpha value is -1.63. The molecule has 0 bridgehead atoms. The average Bonchev–Trinajstić information content (AvgIpc) is 2.58. The third-order valence-corrected chi connectivity index (χ3v) is 6.72. The van der Waals surface area contributed by atoms with Crippen LogP contribution in [-0.2, 0) is 13.6 Å². The lowest BCUT2D eigenvalue weighted by atomic mass is 10.2. The van der Waals surface area contributed by atoms with E-state index in [1.807, 2.05) is 6.92 Å². The average molecular weight is 431 g/mol. The molecule has 10 heteroatoms. The summed E-state index contributed by atoms with van der Waals surface area (Å²) in [4.78, 5) is 10.4. The smallest absolute Gasteiger partial charge is 0.357 e. The molecule has 0 aliphatic carbocycles. The number of hydrogen-bond acceptors (Lipinski definition) is 6. The van der Waals surface area contributed by atoms with Gasteiger partial charge in [-0.2, -0.15) is 0 Å². The Kier molecular flexibility index (Phi) is 6.08. The Labute approximate surface area is 166 Å². The maximum atomic E-state index is 13.4. The van der Waals surface area contributed by atoms with Gasteiger partial charge >= 0.3 is 7.60 Å². The minimum atomic E-state index is -3.60. The van der Waals surface area contributed by atoms with Crippen LogP contribution in [0.5, 0.6) is 0 Å². The molecule has 0 aromatic heterocycles. The normalized spacial score (nSPS) is 23.6. The molecule has 3 atom stereocenters. The van der Waals surface area contributed by atoms with Crippen molar-refractivity contribution in [2.45, 2.75) is 25.2 Å². The van der Waals surface area contributed by atoms with Gasteiger partial charge in [0.15, 0.2) is 5.78 Å². The molecule has 1 heterocycles. The number of nitrogens with zero attached hydrogens (tertiary/aromatic N) is 1. The van der Waals surface area contributed by atoms with Gasteiger partial charge < -0.3 is 14.4 Å². The third kappa shape index (κ3) is 4.81. The molecule has 1 fully saturated rings. The summed E-state index contributed by atoms with van der Waals surface area (Å²) in [5.41, 5.74) is 0.978. The monoisotopic (exact) mass is 430 g/mol. The van der Waals surface area contributed by atoms with Crippen LogP contribution in [0.4, 0.5) is 11.4 Å². The molecule has 144 valence electrons. The molecule has 2 aromatic rings. The molecule has 0 spiro atoms. The number of nitrogens with one attached hydrogen (secondary N) is 1. The largest absolute Gasteiger partial charge is 0.368 e. The molecule has 27 heavy (non-hydrogen) atoms. The summed E-state index contributed by atoms with van der Waals surface area (Å²) < 4.78 is 24.6. The van der Waals surface area contributed by atoms with Crippen molar-refractivity contribution < 1.29 is 18.5 Å². The summed E-state index contributed by atoms with van der Waals surface area (Å²) in [6.07, 6.45) is 0.384. The highest BCUT2D eigenvalue weighted by molar-refractivity contribution is 7.54. The maximum absolute atomic E-state index is 13.4.